The number of phenolic OH excluding ortho intramolecular Hbond substituents is 1. The van der Waals surface area contributed by atoms with Crippen LogP contribution in [0.15, 0.2) is 53.0 Å². The fourth-order valence-electron chi connectivity index (χ4n) is 7.81. The number of allylic oxidation sites excluding steroid dienone is 1. The number of carbonyl (C=O) groups excluding carboxylic acids is 3. The molecule has 1 amide bonds. The predicted octanol–water partition coefficient (Wildman–Crippen LogP) is 2.09. The lowest BCUT2D eigenvalue weighted by molar-refractivity contribution is -0.169. The Hall–Kier alpha value is -4.19. The van der Waals surface area contributed by atoms with Crippen molar-refractivity contribution in [1.82, 2.24) is 4.90 Å². The minimum absolute atomic E-state index is 0.0514. The summed E-state index contributed by atoms with van der Waals surface area (Å²) in [5.74, 6) is -5.18. The molecule has 228 valence electrons. The second-order valence-corrected chi connectivity index (χ2v) is 12.8. The van der Waals surface area contributed by atoms with E-state index < -0.39 is 57.0 Å². The number of nitrogens with zero attached hydrogens (tertiary/aromatic N) is 2. The third kappa shape index (κ3) is 3.88. The van der Waals surface area contributed by atoms with E-state index in [2.05, 4.69) is 0 Å². The molecule has 0 fully saturated rings. The Morgan fingerprint density at radius 2 is 1.65 bits per heavy atom. The zero-order chi connectivity index (χ0) is 32.0. The maximum atomic E-state index is 14.4. The molecule has 0 heterocycles. The highest BCUT2D eigenvalue weighted by Crippen LogP contribution is 2.63. The summed E-state index contributed by atoms with van der Waals surface area (Å²) in [5.41, 5.74) is 8.01. The molecular weight excluding hydrogens is 552 g/mol. The Kier molecular flexibility index (Phi) is 6.80. The summed E-state index contributed by atoms with van der Waals surface area (Å²) in [6.07, 6.45) is 0.0912. The van der Waals surface area contributed by atoms with Gasteiger partial charge < -0.3 is 36.8 Å². The minimum atomic E-state index is -2.77. The van der Waals surface area contributed by atoms with Crippen molar-refractivity contribution in [2.75, 3.05) is 33.1 Å². The van der Waals surface area contributed by atoms with Gasteiger partial charge in [0, 0.05) is 48.3 Å². The molecular formula is C32H38N4O7. The number of rotatable bonds is 5. The summed E-state index contributed by atoms with van der Waals surface area (Å²) in [4.78, 5) is 44.0. The van der Waals surface area contributed by atoms with Gasteiger partial charge in [-0.2, -0.15) is 0 Å². The number of likely N-dealkylation sites (N-methyl/N-ethyl adjacent to an activating group) is 1. The van der Waals surface area contributed by atoms with Crippen LogP contribution in [-0.4, -0.2) is 82.6 Å². The maximum Gasteiger partial charge on any atom is 0.255 e. The number of aliphatic hydroxyl groups is 3. The number of aromatic hydroxyl groups is 1. The molecule has 0 radical (unpaired) electrons. The number of hydrogen-bond donors (Lipinski definition) is 6. The van der Waals surface area contributed by atoms with Gasteiger partial charge in [-0.25, -0.2) is 0 Å². The van der Waals surface area contributed by atoms with Crippen LogP contribution < -0.4 is 16.4 Å². The molecule has 4 atom stereocenters. The number of aliphatic hydroxyl groups excluding tert-OH is 2. The van der Waals surface area contributed by atoms with E-state index in [0.717, 1.165) is 11.3 Å². The van der Waals surface area contributed by atoms with Gasteiger partial charge in [-0.05, 0) is 61.8 Å². The summed E-state index contributed by atoms with van der Waals surface area (Å²) in [7, 11) is 7.04. The average molecular weight is 591 g/mol. The first-order valence-corrected chi connectivity index (χ1v) is 14.0. The number of ketones is 2. The molecule has 0 saturated heterocycles. The number of phenols is 1. The molecule has 5 rings (SSSR count). The number of primary amides is 1. The molecule has 0 unspecified atom stereocenters. The van der Waals surface area contributed by atoms with E-state index in [9.17, 15) is 34.8 Å². The molecule has 43 heavy (non-hydrogen) atoms. The summed E-state index contributed by atoms with van der Waals surface area (Å²) in [6, 6.07) is 8.32. The Morgan fingerprint density at radius 3 is 2.16 bits per heavy atom. The van der Waals surface area contributed by atoms with Crippen LogP contribution >= 0.6 is 0 Å². The van der Waals surface area contributed by atoms with Crippen LogP contribution in [0.25, 0.3) is 11.1 Å². The van der Waals surface area contributed by atoms with Crippen molar-refractivity contribution >= 4 is 23.2 Å². The molecule has 0 aliphatic heterocycles. The highest BCUT2D eigenvalue weighted by Gasteiger charge is 2.71. The predicted molar refractivity (Wildman–Crippen MR) is 161 cm³/mol. The maximum absolute atomic E-state index is 14.4. The topological polar surface area (TPSA) is 191 Å². The van der Waals surface area contributed by atoms with Gasteiger partial charge in [0.25, 0.3) is 5.91 Å². The third-order valence-corrected chi connectivity index (χ3v) is 9.63. The van der Waals surface area contributed by atoms with Gasteiger partial charge in [-0.1, -0.05) is 26.0 Å². The molecule has 8 N–H and O–H groups in total. The van der Waals surface area contributed by atoms with Crippen molar-refractivity contribution in [2.24, 2.45) is 22.3 Å². The van der Waals surface area contributed by atoms with Crippen molar-refractivity contribution < 1.29 is 34.8 Å². The number of anilines is 1. The van der Waals surface area contributed by atoms with E-state index in [1.807, 2.05) is 43.3 Å². The monoisotopic (exact) mass is 590 g/mol. The number of Topliss-reactive ketones (excluding diaryl/α,β-unsaturated/α-hetero) is 2. The molecule has 3 aliphatic rings. The lowest BCUT2D eigenvalue weighted by Crippen LogP contribution is -2.70. The first kappa shape index (κ1) is 30.3. The normalized spacial score (nSPS) is 28.5. The number of carbonyl (C=O) groups is 3. The van der Waals surface area contributed by atoms with Gasteiger partial charge in [0.15, 0.2) is 11.4 Å². The van der Waals surface area contributed by atoms with Crippen LogP contribution in [0.5, 0.6) is 5.75 Å². The summed E-state index contributed by atoms with van der Waals surface area (Å²) < 4.78 is 0. The zero-order valence-corrected chi connectivity index (χ0v) is 25.1. The Morgan fingerprint density at radius 1 is 1.05 bits per heavy atom. The Balaban J connectivity index is 1.81. The fourth-order valence-corrected chi connectivity index (χ4v) is 7.81. The van der Waals surface area contributed by atoms with Crippen molar-refractivity contribution in [1.29, 1.82) is 0 Å². The van der Waals surface area contributed by atoms with Crippen molar-refractivity contribution in [3.8, 4) is 16.9 Å². The second-order valence-electron chi connectivity index (χ2n) is 12.8. The number of nitrogens with two attached hydrogens (primary N) is 2. The number of hydrogen-bond acceptors (Lipinski definition) is 10. The van der Waals surface area contributed by atoms with Gasteiger partial charge in [0.05, 0.1) is 11.6 Å². The van der Waals surface area contributed by atoms with Gasteiger partial charge in [-0.15, -0.1) is 0 Å². The van der Waals surface area contributed by atoms with E-state index in [1.54, 1.807) is 27.1 Å². The van der Waals surface area contributed by atoms with E-state index in [0.29, 0.717) is 16.7 Å². The van der Waals surface area contributed by atoms with Crippen LogP contribution in [0, 0.1) is 10.8 Å². The smallest absolute Gasteiger partial charge is 0.255 e. The first-order chi connectivity index (χ1) is 20.0. The van der Waals surface area contributed by atoms with Crippen LogP contribution in [0.1, 0.15) is 41.8 Å². The molecule has 2 aromatic rings. The molecule has 0 saturated carbocycles. The minimum Gasteiger partial charge on any atom is -0.510 e. The van der Waals surface area contributed by atoms with E-state index in [-0.39, 0.29) is 36.3 Å². The van der Waals surface area contributed by atoms with Crippen LogP contribution in [-0.2, 0) is 22.6 Å². The van der Waals surface area contributed by atoms with Gasteiger partial charge in [-0.3, -0.25) is 19.3 Å². The van der Waals surface area contributed by atoms with Gasteiger partial charge >= 0.3 is 0 Å². The van der Waals surface area contributed by atoms with Crippen molar-refractivity contribution in [3.63, 3.8) is 0 Å². The molecule has 11 heteroatoms. The quantitative estimate of drug-likeness (QED) is 0.281. The lowest BCUT2D eigenvalue weighted by Gasteiger charge is -2.59. The van der Waals surface area contributed by atoms with Crippen molar-refractivity contribution in [2.45, 2.75) is 44.9 Å². The number of amides is 1. The lowest BCUT2D eigenvalue weighted by atomic mass is 9.47. The first-order valence-electron chi connectivity index (χ1n) is 14.0. The number of fused-ring (bicyclic) bond motifs is 3. The molecule has 11 nitrogen and oxygen atoms in total. The van der Waals surface area contributed by atoms with E-state index in [1.165, 1.54) is 11.8 Å². The number of benzene rings is 2. The van der Waals surface area contributed by atoms with Crippen LogP contribution in [0.2, 0.25) is 0 Å². The highest BCUT2D eigenvalue weighted by molar-refractivity contribution is 6.25. The Labute approximate surface area is 249 Å². The Bertz CT molecular complexity index is 1660. The van der Waals surface area contributed by atoms with Crippen LogP contribution in [0.3, 0.4) is 0 Å². The van der Waals surface area contributed by atoms with Gasteiger partial charge in [0.2, 0.25) is 5.78 Å². The van der Waals surface area contributed by atoms with E-state index >= 15 is 0 Å². The summed E-state index contributed by atoms with van der Waals surface area (Å²) in [5, 5.41) is 46.4. The fraction of sp³-hybridized carbons (Fsp3) is 0.406. The summed E-state index contributed by atoms with van der Waals surface area (Å²) >= 11 is 0. The molecule has 0 spiro atoms. The molecule has 0 bridgehead atoms. The average Bonchev–Trinajstić information content (AvgIpc) is 2.90. The van der Waals surface area contributed by atoms with Crippen molar-refractivity contribution in [3.05, 3.63) is 69.7 Å². The third-order valence-electron chi connectivity index (χ3n) is 9.63. The highest BCUT2D eigenvalue weighted by atomic mass is 16.4. The SMILES string of the molecule is CN(C)c1ccc(-c2cc(CN)c(O)c3c2C[C@@]2(C)C[C@@]4(C)[C@@H](N(C)C)C(O)=C(C(N)=O)C(=O)[C@@]4(O)C(O)=C2C3=O)cc1. The van der Waals surface area contributed by atoms with Crippen LogP contribution in [0.4, 0.5) is 5.69 Å². The molecule has 3 aliphatic carbocycles. The van der Waals surface area contributed by atoms with E-state index in [4.69, 9.17) is 11.5 Å². The van der Waals surface area contributed by atoms with Gasteiger partial charge in [0.1, 0.15) is 22.8 Å². The summed E-state index contributed by atoms with van der Waals surface area (Å²) in [6.45, 7) is 3.21. The molecule has 0 aromatic heterocycles. The second kappa shape index (κ2) is 9.66. The zero-order valence-electron chi connectivity index (χ0n) is 25.1. The standard InChI is InChI=1S/C32H38N4O7/c1-30-12-19-18(15-7-9-17(10-8-15)35(3)4)11-16(13-33)23(37)20(19)24(38)22(30)28(41)32(43)27(40)21(29(34)42)25(39)26(36(5)6)31(32,2)14-30/h7-11,26,37,39,41,43H,12-14,33H2,1-6H3,(H2,34,42)/t26-,30-,31-,32+/m0/s1. The molecule has 2 aromatic carbocycles. The largest absolute Gasteiger partial charge is 0.510 e.